The Morgan fingerprint density at radius 2 is 1.83 bits per heavy atom. The molecule has 1 saturated heterocycles. The lowest BCUT2D eigenvalue weighted by atomic mass is 10.0. The number of aryl methyl sites for hydroxylation is 2. The first kappa shape index (κ1) is 12.4. The van der Waals surface area contributed by atoms with Gasteiger partial charge in [0.05, 0.1) is 11.1 Å². The second-order valence-corrected chi connectivity index (χ2v) is 4.14. The zero-order chi connectivity index (χ0) is 13.3. The summed E-state index contributed by atoms with van der Waals surface area (Å²) < 4.78 is 9.97. The van der Waals surface area contributed by atoms with Crippen LogP contribution in [0.5, 0.6) is 0 Å². The van der Waals surface area contributed by atoms with Crippen LogP contribution in [-0.4, -0.2) is 11.9 Å². The monoisotopic (exact) mass is 246 g/mol. The molecule has 2 rings (SSSR count). The number of ether oxygens (including phenoxy) is 1. The summed E-state index contributed by atoms with van der Waals surface area (Å²) >= 11 is 0. The number of hydrogen-bond donors (Lipinski definition) is 0. The van der Waals surface area contributed by atoms with Gasteiger partial charge in [0.15, 0.2) is 0 Å². The molecule has 0 amide bonds. The van der Waals surface area contributed by atoms with E-state index in [0.29, 0.717) is 17.6 Å². The first-order valence-corrected chi connectivity index (χ1v) is 5.72. The van der Waals surface area contributed by atoms with Crippen LogP contribution in [0.25, 0.3) is 0 Å². The number of hydrogen-bond acceptors (Lipinski definition) is 4. The predicted molar refractivity (Wildman–Crippen MR) is 64.8 cm³/mol. The molecule has 0 spiro atoms. The fraction of sp³-hybridized carbons (Fsp3) is 0.286. The van der Waals surface area contributed by atoms with Crippen LogP contribution in [0.1, 0.15) is 24.0 Å². The van der Waals surface area contributed by atoms with Crippen molar-refractivity contribution in [3.8, 4) is 0 Å². The first-order chi connectivity index (χ1) is 8.52. The molecule has 1 aliphatic heterocycles. The van der Waals surface area contributed by atoms with E-state index in [4.69, 9.17) is 4.42 Å². The average Bonchev–Trinajstić information content (AvgIpc) is 2.75. The Morgan fingerprint density at radius 1 is 1.17 bits per heavy atom. The van der Waals surface area contributed by atoms with E-state index in [1.165, 1.54) is 0 Å². The van der Waals surface area contributed by atoms with E-state index in [1.54, 1.807) is 19.1 Å². The molecular weight excluding hydrogens is 232 g/mol. The van der Waals surface area contributed by atoms with Gasteiger partial charge >= 0.3 is 11.9 Å². The highest BCUT2D eigenvalue weighted by Gasteiger charge is 2.32. The summed E-state index contributed by atoms with van der Waals surface area (Å²) in [5, 5.41) is 0. The summed E-state index contributed by atoms with van der Waals surface area (Å²) in [6.45, 7) is 5.44. The molecule has 0 N–H and O–H groups in total. The molecular formula is C14H14O4. The zero-order valence-electron chi connectivity index (χ0n) is 10.6. The van der Waals surface area contributed by atoms with Gasteiger partial charge in [-0.1, -0.05) is 12.2 Å². The minimum atomic E-state index is -0.578. The Kier molecular flexibility index (Phi) is 3.19. The zero-order valence-corrected chi connectivity index (χ0v) is 10.6. The van der Waals surface area contributed by atoms with Gasteiger partial charge in [-0.3, -0.25) is 0 Å². The molecule has 0 saturated carbocycles. The normalized spacial score (nSPS) is 19.9. The first-order valence-electron chi connectivity index (χ1n) is 5.72. The second-order valence-electron chi connectivity index (χ2n) is 4.14. The maximum absolute atomic E-state index is 11.5. The van der Waals surface area contributed by atoms with Crippen LogP contribution in [0.15, 0.2) is 33.8 Å². The van der Waals surface area contributed by atoms with Crippen LogP contribution in [-0.2, 0) is 20.7 Å². The molecule has 0 atom stereocenters. The largest absolute Gasteiger partial charge is 0.466 e. The number of cyclic esters (lactones) is 2. The van der Waals surface area contributed by atoms with Crippen molar-refractivity contribution >= 4 is 11.9 Å². The predicted octanol–water partition coefficient (Wildman–Crippen LogP) is 2.40. The van der Waals surface area contributed by atoms with Crippen LogP contribution >= 0.6 is 0 Å². The molecule has 1 aliphatic rings. The van der Waals surface area contributed by atoms with E-state index < -0.39 is 11.9 Å². The van der Waals surface area contributed by atoms with Gasteiger partial charge < -0.3 is 9.15 Å². The lowest BCUT2D eigenvalue weighted by Crippen LogP contribution is -1.97. The van der Waals surface area contributed by atoms with E-state index in [-0.39, 0.29) is 0 Å². The molecule has 94 valence electrons. The molecule has 18 heavy (non-hydrogen) atoms. The average molecular weight is 246 g/mol. The third-order valence-corrected chi connectivity index (χ3v) is 2.87. The topological polar surface area (TPSA) is 56.5 Å². The standard InChI is InChI=1S/C14H14O4/c1-4-11-12(14(16)18-13(11)15)6-5-10-7-8(2)17-9(10)3/h4,6-7H,5H2,1-3H3/b11-4+,12-6?. The van der Waals surface area contributed by atoms with Crippen LogP contribution in [0.2, 0.25) is 0 Å². The van der Waals surface area contributed by atoms with Gasteiger partial charge in [-0.15, -0.1) is 0 Å². The minimum absolute atomic E-state index is 0.331. The van der Waals surface area contributed by atoms with Crippen LogP contribution in [0, 0.1) is 13.8 Å². The number of allylic oxidation sites excluding steroid dienone is 2. The van der Waals surface area contributed by atoms with Crippen LogP contribution in [0.4, 0.5) is 0 Å². The Balaban J connectivity index is 2.26. The van der Waals surface area contributed by atoms with Crippen molar-refractivity contribution in [2.24, 2.45) is 0 Å². The van der Waals surface area contributed by atoms with E-state index in [2.05, 4.69) is 4.74 Å². The summed E-state index contributed by atoms with van der Waals surface area (Å²) in [6.07, 6.45) is 3.84. The summed E-state index contributed by atoms with van der Waals surface area (Å²) in [5.41, 5.74) is 1.67. The maximum atomic E-state index is 11.5. The van der Waals surface area contributed by atoms with E-state index in [9.17, 15) is 9.59 Å². The smallest absolute Gasteiger partial charge is 0.346 e. The van der Waals surface area contributed by atoms with Crippen molar-refractivity contribution in [1.29, 1.82) is 0 Å². The highest BCUT2D eigenvalue weighted by Crippen LogP contribution is 2.23. The molecule has 0 aliphatic carbocycles. The molecule has 0 aromatic carbocycles. The van der Waals surface area contributed by atoms with E-state index in [0.717, 1.165) is 17.1 Å². The molecule has 1 aromatic rings. The van der Waals surface area contributed by atoms with Crippen molar-refractivity contribution in [1.82, 2.24) is 0 Å². The Hall–Kier alpha value is -2.10. The van der Waals surface area contributed by atoms with Gasteiger partial charge in [-0.2, -0.15) is 0 Å². The lowest BCUT2D eigenvalue weighted by molar-refractivity contribution is -0.149. The van der Waals surface area contributed by atoms with E-state index >= 15 is 0 Å². The van der Waals surface area contributed by atoms with Crippen LogP contribution < -0.4 is 0 Å². The molecule has 0 unspecified atom stereocenters. The molecule has 0 radical (unpaired) electrons. The summed E-state index contributed by atoms with van der Waals surface area (Å²) in [5.74, 6) is 0.501. The van der Waals surface area contributed by atoms with Gasteiger partial charge in [0, 0.05) is 0 Å². The Morgan fingerprint density at radius 3 is 2.39 bits per heavy atom. The molecule has 1 fully saturated rings. The quantitative estimate of drug-likeness (QED) is 0.457. The number of furan rings is 1. The molecule has 4 heteroatoms. The summed E-state index contributed by atoms with van der Waals surface area (Å²) in [4.78, 5) is 22.8. The Bertz CT molecular complexity index is 573. The number of carbonyl (C=O) groups excluding carboxylic acids is 2. The molecule has 0 bridgehead atoms. The van der Waals surface area contributed by atoms with Crippen molar-refractivity contribution in [3.05, 3.63) is 46.4 Å². The molecule has 2 heterocycles. The van der Waals surface area contributed by atoms with Gasteiger partial charge in [0.1, 0.15) is 11.5 Å². The van der Waals surface area contributed by atoms with Crippen LogP contribution in [0.3, 0.4) is 0 Å². The third-order valence-electron chi connectivity index (χ3n) is 2.87. The SMILES string of the molecule is C/C=C1/C(=O)OC(=O)C1=CCc1cc(C)oc1C. The molecule has 4 nitrogen and oxygen atoms in total. The maximum Gasteiger partial charge on any atom is 0.346 e. The lowest BCUT2D eigenvalue weighted by Gasteiger charge is -1.94. The second kappa shape index (κ2) is 4.64. The minimum Gasteiger partial charge on any atom is -0.466 e. The fourth-order valence-electron chi connectivity index (χ4n) is 1.98. The third kappa shape index (κ3) is 2.14. The Labute approximate surface area is 105 Å². The fourth-order valence-corrected chi connectivity index (χ4v) is 1.98. The number of rotatable bonds is 2. The van der Waals surface area contributed by atoms with Gasteiger partial charge in [-0.25, -0.2) is 9.59 Å². The van der Waals surface area contributed by atoms with Crippen molar-refractivity contribution < 1.29 is 18.7 Å². The summed E-state index contributed by atoms with van der Waals surface area (Å²) in [6, 6.07) is 1.92. The van der Waals surface area contributed by atoms with Crippen molar-refractivity contribution in [2.75, 3.05) is 0 Å². The van der Waals surface area contributed by atoms with Crippen molar-refractivity contribution in [2.45, 2.75) is 27.2 Å². The van der Waals surface area contributed by atoms with Gasteiger partial charge in [0.2, 0.25) is 0 Å². The number of esters is 2. The highest BCUT2D eigenvalue weighted by atomic mass is 16.6. The van der Waals surface area contributed by atoms with Gasteiger partial charge in [-0.05, 0) is 38.8 Å². The highest BCUT2D eigenvalue weighted by molar-refractivity contribution is 6.18. The summed E-state index contributed by atoms with van der Waals surface area (Å²) in [7, 11) is 0. The molecule has 1 aromatic heterocycles. The van der Waals surface area contributed by atoms with Gasteiger partial charge in [0.25, 0.3) is 0 Å². The van der Waals surface area contributed by atoms with Crippen molar-refractivity contribution in [3.63, 3.8) is 0 Å². The number of carbonyl (C=O) groups is 2. The van der Waals surface area contributed by atoms with E-state index in [1.807, 2.05) is 19.9 Å².